The third-order valence-corrected chi connectivity index (χ3v) is 9.50. The Morgan fingerprint density at radius 3 is 1.67 bits per heavy atom. The van der Waals surface area contributed by atoms with Crippen LogP contribution in [0.25, 0.3) is 0 Å². The summed E-state index contributed by atoms with van der Waals surface area (Å²) in [7, 11) is 1.66. The van der Waals surface area contributed by atoms with Crippen molar-refractivity contribution in [3.05, 3.63) is 24.3 Å². The molecule has 2 atom stereocenters. The summed E-state index contributed by atoms with van der Waals surface area (Å²) in [5.41, 5.74) is 0. The average Bonchev–Trinajstić information content (AvgIpc) is 3.04. The van der Waals surface area contributed by atoms with E-state index >= 15 is 0 Å². The Balaban J connectivity index is 4.29. The van der Waals surface area contributed by atoms with Crippen LogP contribution in [-0.4, -0.2) is 75.6 Å². The van der Waals surface area contributed by atoms with Gasteiger partial charge in [0.1, 0.15) is 19.3 Å². The van der Waals surface area contributed by atoms with Crippen molar-refractivity contribution in [1.29, 1.82) is 0 Å². The van der Waals surface area contributed by atoms with Gasteiger partial charge < -0.3 is 18.9 Å². The molecule has 0 rings (SSSR count). The zero-order valence-corrected chi connectivity index (χ0v) is 33.6. The van der Waals surface area contributed by atoms with E-state index in [0.717, 1.165) is 57.8 Å². The van der Waals surface area contributed by atoms with Crippen LogP contribution in [0.4, 0.5) is 0 Å². The fourth-order valence-electron chi connectivity index (χ4n) is 5.35. The van der Waals surface area contributed by atoms with E-state index in [4.69, 9.17) is 18.5 Å². The van der Waals surface area contributed by atoms with Gasteiger partial charge in [-0.15, -0.1) is 0 Å². The van der Waals surface area contributed by atoms with Gasteiger partial charge in [0.05, 0.1) is 34.4 Å². The van der Waals surface area contributed by atoms with E-state index in [1.807, 2.05) is 21.1 Å². The summed E-state index contributed by atoms with van der Waals surface area (Å²) in [5.74, 6) is -0.327. The van der Waals surface area contributed by atoms with Gasteiger partial charge in [0, 0.05) is 13.0 Å². The number of allylic oxidation sites excluding steroid dienone is 4. The summed E-state index contributed by atoms with van der Waals surface area (Å²) >= 11 is 0. The van der Waals surface area contributed by atoms with Gasteiger partial charge in [0.25, 0.3) is 0 Å². The monoisotopic (exact) mass is 717 g/mol. The van der Waals surface area contributed by atoms with Crippen LogP contribution in [-0.2, 0) is 27.9 Å². The lowest BCUT2D eigenvalue weighted by Crippen LogP contribution is -2.37. The van der Waals surface area contributed by atoms with Gasteiger partial charge in [-0.1, -0.05) is 141 Å². The van der Waals surface area contributed by atoms with Crippen LogP contribution in [0.5, 0.6) is 0 Å². The van der Waals surface area contributed by atoms with Crippen LogP contribution in [0.2, 0.25) is 0 Å². The molecule has 2 unspecified atom stereocenters. The standard InChI is InChI=1S/C40H78NO7P/c1-6-8-10-12-14-16-18-19-20-21-22-23-25-27-29-31-33-40(42)48-39(38-47-49(43,44)46-36-34-41(3,4)5)37-45-35-32-30-28-26-24-17-15-13-11-9-7-2/h16,18,20-21,39H,6-15,17,19,22-38H2,1-5H3/p+1/b18-16-,21-20-. The number of carbonyl (C=O) groups excluding carboxylic acids is 1. The fraction of sp³-hybridized carbons (Fsp3) is 0.875. The fourth-order valence-corrected chi connectivity index (χ4v) is 6.09. The highest BCUT2D eigenvalue weighted by Crippen LogP contribution is 2.43. The number of likely N-dealkylation sites (N-methyl/N-ethyl adjacent to an activating group) is 1. The molecule has 1 N–H and O–H groups in total. The molecule has 0 bridgehead atoms. The first-order valence-electron chi connectivity index (χ1n) is 20.1. The second-order valence-corrected chi connectivity index (χ2v) is 16.1. The lowest BCUT2D eigenvalue weighted by Gasteiger charge is -2.24. The number of hydrogen-bond donors (Lipinski definition) is 1. The molecule has 0 aliphatic rings. The topological polar surface area (TPSA) is 91.3 Å². The summed E-state index contributed by atoms with van der Waals surface area (Å²) in [6, 6.07) is 0. The zero-order chi connectivity index (χ0) is 36.3. The van der Waals surface area contributed by atoms with Crippen molar-refractivity contribution in [2.24, 2.45) is 0 Å². The molecule has 0 aliphatic carbocycles. The first-order valence-corrected chi connectivity index (χ1v) is 21.6. The van der Waals surface area contributed by atoms with Crippen LogP contribution in [0.1, 0.15) is 168 Å². The number of carbonyl (C=O) groups is 1. The molecule has 0 saturated heterocycles. The summed E-state index contributed by atoms with van der Waals surface area (Å²) in [6.07, 6.45) is 36.3. The van der Waals surface area contributed by atoms with Crippen LogP contribution in [0.15, 0.2) is 24.3 Å². The Hall–Kier alpha value is -1.02. The van der Waals surface area contributed by atoms with E-state index in [1.54, 1.807) is 0 Å². The van der Waals surface area contributed by atoms with Gasteiger partial charge in [-0.25, -0.2) is 4.57 Å². The molecule has 0 spiro atoms. The largest absolute Gasteiger partial charge is 0.472 e. The molecule has 9 heteroatoms. The number of quaternary nitrogens is 1. The molecule has 0 aromatic heterocycles. The van der Waals surface area contributed by atoms with Crippen LogP contribution < -0.4 is 0 Å². The second kappa shape index (κ2) is 34.1. The first-order chi connectivity index (χ1) is 23.6. The Bertz CT molecular complexity index is 843. The summed E-state index contributed by atoms with van der Waals surface area (Å²) in [4.78, 5) is 22.8. The molecular formula is C40H79NO7P+. The predicted molar refractivity (Wildman–Crippen MR) is 206 cm³/mol. The Labute approximate surface area is 303 Å². The van der Waals surface area contributed by atoms with Crippen molar-refractivity contribution >= 4 is 13.8 Å². The molecule has 0 aromatic carbocycles. The second-order valence-electron chi connectivity index (χ2n) is 14.7. The number of phosphoric acid groups is 1. The van der Waals surface area contributed by atoms with Crippen LogP contribution in [0, 0.1) is 0 Å². The molecule has 290 valence electrons. The Morgan fingerprint density at radius 1 is 0.633 bits per heavy atom. The smallest absolute Gasteiger partial charge is 0.457 e. The quantitative estimate of drug-likeness (QED) is 0.0225. The number of nitrogens with zero attached hydrogens (tertiary/aromatic N) is 1. The minimum absolute atomic E-state index is 0.0873. The van der Waals surface area contributed by atoms with Crippen molar-refractivity contribution < 1.29 is 37.3 Å². The van der Waals surface area contributed by atoms with E-state index in [-0.39, 0.29) is 25.8 Å². The van der Waals surface area contributed by atoms with Gasteiger partial charge >= 0.3 is 13.8 Å². The third-order valence-electron chi connectivity index (χ3n) is 8.52. The molecule has 0 aromatic rings. The van der Waals surface area contributed by atoms with Gasteiger partial charge in [-0.2, -0.15) is 0 Å². The van der Waals surface area contributed by atoms with Gasteiger partial charge in [0.2, 0.25) is 0 Å². The van der Waals surface area contributed by atoms with E-state index in [2.05, 4.69) is 38.2 Å². The zero-order valence-electron chi connectivity index (χ0n) is 32.7. The molecule has 8 nitrogen and oxygen atoms in total. The number of rotatable bonds is 37. The molecule has 0 saturated carbocycles. The predicted octanol–water partition coefficient (Wildman–Crippen LogP) is 11.3. The highest BCUT2D eigenvalue weighted by molar-refractivity contribution is 7.47. The number of ether oxygens (including phenoxy) is 2. The number of unbranched alkanes of at least 4 members (excludes halogenated alkanes) is 19. The summed E-state index contributed by atoms with van der Waals surface area (Å²) in [5, 5.41) is 0. The molecule has 0 amide bonds. The minimum Gasteiger partial charge on any atom is -0.457 e. The van der Waals surface area contributed by atoms with E-state index < -0.39 is 13.9 Å². The Morgan fingerprint density at radius 2 is 1.12 bits per heavy atom. The van der Waals surface area contributed by atoms with Crippen molar-refractivity contribution in [3.8, 4) is 0 Å². The SMILES string of the molecule is CCCCCC/C=C\C/C=C\CCCCCCCC(=O)OC(COCCCCCCCCCCCCC)COP(=O)(O)OCC[N+](C)(C)C. The maximum Gasteiger partial charge on any atom is 0.472 e. The summed E-state index contributed by atoms with van der Waals surface area (Å²) < 4.78 is 34.8. The van der Waals surface area contributed by atoms with Gasteiger partial charge in [0.15, 0.2) is 0 Å². The van der Waals surface area contributed by atoms with Gasteiger partial charge in [-0.05, 0) is 44.9 Å². The minimum atomic E-state index is -4.27. The van der Waals surface area contributed by atoms with Crippen LogP contribution in [0.3, 0.4) is 0 Å². The van der Waals surface area contributed by atoms with Crippen LogP contribution >= 0.6 is 7.82 Å². The molecule has 0 fully saturated rings. The van der Waals surface area contributed by atoms with Crippen molar-refractivity contribution in [2.45, 2.75) is 174 Å². The third kappa shape index (κ3) is 38.1. The van der Waals surface area contributed by atoms with Gasteiger partial charge in [-0.3, -0.25) is 13.8 Å². The molecule has 0 heterocycles. The van der Waals surface area contributed by atoms with E-state index in [0.29, 0.717) is 24.1 Å². The number of phosphoric ester groups is 1. The molecule has 0 aliphatic heterocycles. The highest BCUT2D eigenvalue weighted by atomic mass is 31.2. The molecule has 49 heavy (non-hydrogen) atoms. The van der Waals surface area contributed by atoms with Crippen molar-refractivity contribution in [2.75, 3.05) is 54.1 Å². The number of esters is 1. The maximum atomic E-state index is 12.6. The first kappa shape index (κ1) is 48.0. The normalized spacial score (nSPS) is 14.2. The average molecular weight is 717 g/mol. The highest BCUT2D eigenvalue weighted by Gasteiger charge is 2.26. The van der Waals surface area contributed by atoms with E-state index in [9.17, 15) is 14.3 Å². The van der Waals surface area contributed by atoms with E-state index in [1.165, 1.54) is 89.9 Å². The lowest BCUT2D eigenvalue weighted by molar-refractivity contribution is -0.870. The Kier molecular flexibility index (Phi) is 33.4. The maximum absolute atomic E-state index is 12.6. The van der Waals surface area contributed by atoms with Crippen molar-refractivity contribution in [1.82, 2.24) is 0 Å². The lowest BCUT2D eigenvalue weighted by atomic mass is 10.1. The summed E-state index contributed by atoms with van der Waals surface area (Å²) in [6.45, 7) is 5.59. The molecule has 0 radical (unpaired) electrons. The van der Waals surface area contributed by atoms with Crippen molar-refractivity contribution in [3.63, 3.8) is 0 Å². The number of hydrogen-bond acceptors (Lipinski definition) is 6. The molecular weight excluding hydrogens is 637 g/mol.